The molecule has 3 heterocycles. The Balaban J connectivity index is 1.82. The lowest BCUT2D eigenvalue weighted by Crippen LogP contribution is -2.13. The zero-order chi connectivity index (χ0) is 23.4. The van der Waals surface area contributed by atoms with Gasteiger partial charge in [-0.2, -0.15) is 0 Å². The molecule has 0 bridgehead atoms. The molecule has 0 saturated heterocycles. The zero-order valence-corrected chi connectivity index (χ0v) is 17.8. The van der Waals surface area contributed by atoms with Crippen molar-refractivity contribution >= 4 is 22.4 Å². The van der Waals surface area contributed by atoms with Gasteiger partial charge in [-0.05, 0) is 53.0 Å². The number of methoxy groups -OCH3 is 2. The molecule has 168 valence electrons. The first-order chi connectivity index (χ1) is 15.8. The summed E-state index contributed by atoms with van der Waals surface area (Å²) in [5, 5.41) is 30.9. The Labute approximate surface area is 185 Å². The Hall–Kier alpha value is -4.48. The molecule has 2 aromatic heterocycles. The second-order valence-electron chi connectivity index (χ2n) is 7.59. The van der Waals surface area contributed by atoms with Crippen LogP contribution in [0.15, 0.2) is 28.9 Å². The summed E-state index contributed by atoms with van der Waals surface area (Å²) in [4.78, 5) is 22.0. The lowest BCUT2D eigenvalue weighted by atomic mass is 9.97. The molecule has 0 N–H and O–H groups in total. The van der Waals surface area contributed by atoms with Crippen molar-refractivity contribution < 1.29 is 23.9 Å². The minimum atomic E-state index is -0.736. The van der Waals surface area contributed by atoms with Crippen molar-refractivity contribution in [3.63, 3.8) is 0 Å². The van der Waals surface area contributed by atoms with Gasteiger partial charge in [0.1, 0.15) is 5.56 Å². The first kappa shape index (κ1) is 20.4. The van der Waals surface area contributed by atoms with E-state index in [4.69, 9.17) is 14.1 Å². The second-order valence-corrected chi connectivity index (χ2v) is 7.59. The van der Waals surface area contributed by atoms with Gasteiger partial charge in [-0.1, -0.05) is 0 Å². The fourth-order valence-electron chi connectivity index (χ4n) is 4.50. The molecule has 0 saturated carbocycles. The summed E-state index contributed by atoms with van der Waals surface area (Å²) in [6, 6.07) is 6.63. The number of nitrogens with zero attached hydrogens (tertiary/aromatic N) is 5. The van der Waals surface area contributed by atoms with E-state index in [-0.39, 0.29) is 16.6 Å². The molecule has 12 heteroatoms. The van der Waals surface area contributed by atoms with Gasteiger partial charge in [-0.3, -0.25) is 20.2 Å². The monoisotopic (exact) mass is 451 g/mol. The largest absolute Gasteiger partial charge is 0.493 e. The van der Waals surface area contributed by atoms with Crippen LogP contribution in [0.4, 0.5) is 11.4 Å². The molecule has 0 radical (unpaired) electrons. The number of rotatable bonds is 5. The lowest BCUT2D eigenvalue weighted by Gasteiger charge is -2.23. The maximum atomic E-state index is 12.0. The minimum absolute atomic E-state index is 0.0296. The molecule has 0 atom stereocenters. The molecule has 1 aliphatic rings. The summed E-state index contributed by atoms with van der Waals surface area (Å²) >= 11 is 0. The van der Waals surface area contributed by atoms with Crippen LogP contribution in [-0.4, -0.2) is 38.9 Å². The molecule has 4 aromatic rings. The highest BCUT2D eigenvalue weighted by atomic mass is 16.6. The normalized spacial score (nSPS) is 12.3. The van der Waals surface area contributed by atoms with Crippen LogP contribution in [0.3, 0.4) is 0 Å². The number of nitro groups is 2. The van der Waals surface area contributed by atoms with E-state index in [0.717, 1.165) is 28.5 Å². The molecule has 0 aliphatic carbocycles. The molecule has 5 rings (SSSR count). The highest BCUT2D eigenvalue weighted by Crippen LogP contribution is 2.46. The number of hydrogen-bond donors (Lipinski definition) is 0. The van der Waals surface area contributed by atoms with Crippen molar-refractivity contribution in [1.82, 2.24) is 14.9 Å². The van der Waals surface area contributed by atoms with Crippen LogP contribution in [0.2, 0.25) is 0 Å². The summed E-state index contributed by atoms with van der Waals surface area (Å²) in [6.45, 7) is 2.35. The van der Waals surface area contributed by atoms with Crippen molar-refractivity contribution in [2.45, 2.75) is 19.9 Å². The Kier molecular flexibility index (Phi) is 4.51. The number of nitro benzene ring substituents is 2. The molecular formula is C21H17N5O7. The third-order valence-electron chi connectivity index (χ3n) is 5.91. The van der Waals surface area contributed by atoms with Gasteiger partial charge in [-0.15, -0.1) is 0 Å². The maximum Gasteiger partial charge on any atom is 0.307 e. The van der Waals surface area contributed by atoms with E-state index in [1.54, 1.807) is 14.2 Å². The van der Waals surface area contributed by atoms with Gasteiger partial charge in [0.05, 0.1) is 35.8 Å². The number of hydrogen-bond acceptors (Lipinski definition) is 9. The van der Waals surface area contributed by atoms with Crippen LogP contribution in [0, 0.1) is 27.2 Å². The van der Waals surface area contributed by atoms with Gasteiger partial charge in [0.25, 0.3) is 5.69 Å². The molecular weight excluding hydrogens is 434 g/mol. The Morgan fingerprint density at radius 2 is 1.64 bits per heavy atom. The highest BCUT2D eigenvalue weighted by Gasteiger charge is 2.34. The summed E-state index contributed by atoms with van der Waals surface area (Å²) < 4.78 is 17.6. The van der Waals surface area contributed by atoms with Crippen molar-refractivity contribution in [3.8, 4) is 34.0 Å². The van der Waals surface area contributed by atoms with Crippen LogP contribution in [0.25, 0.3) is 33.5 Å². The first-order valence-electron chi connectivity index (χ1n) is 9.89. The first-order valence-corrected chi connectivity index (χ1v) is 9.89. The maximum absolute atomic E-state index is 12.0. The summed E-state index contributed by atoms with van der Waals surface area (Å²) in [6.07, 6.45) is 0.644. The Morgan fingerprint density at radius 3 is 2.30 bits per heavy atom. The fraction of sp³-hybridized carbons (Fsp3) is 0.238. The van der Waals surface area contributed by atoms with Crippen molar-refractivity contribution in [2.75, 3.05) is 14.2 Å². The summed E-state index contributed by atoms with van der Waals surface area (Å²) in [7, 11) is 3.13. The van der Waals surface area contributed by atoms with E-state index in [1.807, 2.05) is 29.7 Å². The molecule has 0 fully saturated rings. The molecule has 12 nitrogen and oxygen atoms in total. The molecule has 0 spiro atoms. The standard InChI is InChI=1S/C21H17N5O7/c1-10-6-13-12-8-17(32-3)16(31-2)7-11(12)4-5-24(13)21(10)18-14(25(27)28)9-15(26(29)30)19-20(18)23-33-22-19/h6-9H,4-5H2,1-3H3. The molecule has 33 heavy (non-hydrogen) atoms. The van der Waals surface area contributed by atoms with Gasteiger partial charge in [0, 0.05) is 17.8 Å². The minimum Gasteiger partial charge on any atom is -0.493 e. The van der Waals surface area contributed by atoms with E-state index >= 15 is 0 Å². The third kappa shape index (κ3) is 2.91. The number of aromatic nitrogens is 3. The van der Waals surface area contributed by atoms with Crippen molar-refractivity contribution in [3.05, 3.63) is 55.6 Å². The van der Waals surface area contributed by atoms with Gasteiger partial charge in [0.15, 0.2) is 17.0 Å². The highest BCUT2D eigenvalue weighted by molar-refractivity contribution is 6.01. The topological polar surface area (TPSA) is 149 Å². The second kappa shape index (κ2) is 7.29. The summed E-state index contributed by atoms with van der Waals surface area (Å²) in [5.41, 5.74) is 3.07. The van der Waals surface area contributed by atoms with E-state index in [9.17, 15) is 20.2 Å². The summed E-state index contributed by atoms with van der Waals surface area (Å²) in [5.74, 6) is 1.18. The van der Waals surface area contributed by atoms with Gasteiger partial charge < -0.3 is 14.0 Å². The van der Waals surface area contributed by atoms with E-state index in [2.05, 4.69) is 10.3 Å². The zero-order valence-electron chi connectivity index (χ0n) is 17.8. The van der Waals surface area contributed by atoms with Crippen LogP contribution in [-0.2, 0) is 13.0 Å². The smallest absolute Gasteiger partial charge is 0.307 e. The number of benzene rings is 2. The van der Waals surface area contributed by atoms with Crippen molar-refractivity contribution in [1.29, 1.82) is 0 Å². The number of non-ortho nitro benzene ring substituents is 1. The quantitative estimate of drug-likeness (QED) is 0.323. The van der Waals surface area contributed by atoms with E-state index < -0.39 is 21.2 Å². The molecule has 0 unspecified atom stereocenters. The average Bonchev–Trinajstić information content (AvgIpc) is 3.41. The number of aryl methyl sites for hydroxylation is 2. The van der Waals surface area contributed by atoms with Crippen LogP contribution in [0.5, 0.6) is 11.5 Å². The SMILES string of the molecule is COc1cc2c(cc1OC)-c1cc(C)c(-c3c([N+](=O)[O-])cc([N+](=O)[O-])c4nonc34)n1CC2. The van der Waals surface area contributed by atoms with Gasteiger partial charge in [0.2, 0.25) is 5.52 Å². The van der Waals surface area contributed by atoms with Crippen molar-refractivity contribution in [2.24, 2.45) is 0 Å². The Bertz CT molecular complexity index is 1470. The van der Waals surface area contributed by atoms with E-state index in [1.165, 1.54) is 0 Å². The number of fused-ring (bicyclic) bond motifs is 4. The predicted octanol–water partition coefficient (Wildman–Crippen LogP) is 4.06. The lowest BCUT2D eigenvalue weighted by molar-refractivity contribution is -0.392. The average molecular weight is 451 g/mol. The van der Waals surface area contributed by atoms with Gasteiger partial charge in [-0.25, -0.2) is 4.63 Å². The van der Waals surface area contributed by atoms with Crippen LogP contribution in [0.1, 0.15) is 11.1 Å². The predicted molar refractivity (Wildman–Crippen MR) is 116 cm³/mol. The fourth-order valence-corrected chi connectivity index (χ4v) is 4.50. The van der Waals surface area contributed by atoms with Crippen LogP contribution < -0.4 is 9.47 Å². The van der Waals surface area contributed by atoms with E-state index in [0.29, 0.717) is 30.2 Å². The molecule has 0 amide bonds. The van der Waals surface area contributed by atoms with Crippen LogP contribution >= 0.6 is 0 Å². The third-order valence-corrected chi connectivity index (χ3v) is 5.91. The Morgan fingerprint density at radius 1 is 0.970 bits per heavy atom. The molecule has 1 aliphatic heterocycles. The van der Waals surface area contributed by atoms with Gasteiger partial charge >= 0.3 is 5.69 Å². The number of ether oxygens (including phenoxy) is 2. The molecule has 2 aromatic carbocycles.